The van der Waals surface area contributed by atoms with Crippen molar-refractivity contribution < 1.29 is 9.53 Å². The average Bonchev–Trinajstić information content (AvgIpc) is 2.74. The molecule has 0 aliphatic rings. The molecule has 4 nitrogen and oxygen atoms in total. The topological polar surface area (TPSA) is 44.1 Å². The summed E-state index contributed by atoms with van der Waals surface area (Å²) in [6.45, 7) is 4.23. The molecule has 0 amide bonds. The van der Waals surface area contributed by atoms with Crippen LogP contribution in [0, 0.1) is 11.8 Å². The molecule has 1 heterocycles. The number of methoxy groups -OCH3 is 1. The highest BCUT2D eigenvalue weighted by Gasteiger charge is 2.27. The number of carbonyl (C=O) groups is 1. The molecule has 0 N–H and O–H groups in total. The zero-order valence-electron chi connectivity index (χ0n) is 11.1. The van der Waals surface area contributed by atoms with Gasteiger partial charge >= 0.3 is 5.97 Å². The van der Waals surface area contributed by atoms with Crippen LogP contribution in [0.2, 0.25) is 0 Å². The Labute approximate surface area is 103 Å². The molecular formula is C13H22N2O2. The van der Waals surface area contributed by atoms with Crippen molar-refractivity contribution in [3.63, 3.8) is 0 Å². The van der Waals surface area contributed by atoms with Crippen LogP contribution in [-0.2, 0) is 23.0 Å². The first-order valence-corrected chi connectivity index (χ1v) is 6.17. The van der Waals surface area contributed by atoms with Crippen LogP contribution in [0.5, 0.6) is 0 Å². The molecule has 0 aliphatic heterocycles. The minimum absolute atomic E-state index is 0.0788. The van der Waals surface area contributed by atoms with Gasteiger partial charge in [-0.05, 0) is 5.92 Å². The van der Waals surface area contributed by atoms with Gasteiger partial charge in [-0.25, -0.2) is 4.98 Å². The number of nitrogens with zero attached hydrogens (tertiary/aromatic N) is 2. The first-order valence-electron chi connectivity index (χ1n) is 6.17. The Morgan fingerprint density at radius 2 is 2.12 bits per heavy atom. The average molecular weight is 238 g/mol. The van der Waals surface area contributed by atoms with E-state index >= 15 is 0 Å². The summed E-state index contributed by atoms with van der Waals surface area (Å²) in [5.41, 5.74) is 0.954. The van der Waals surface area contributed by atoms with Crippen LogP contribution in [0.4, 0.5) is 0 Å². The summed E-state index contributed by atoms with van der Waals surface area (Å²) in [4.78, 5) is 16.1. The highest BCUT2D eigenvalue weighted by molar-refractivity contribution is 5.72. The lowest BCUT2D eigenvalue weighted by Crippen LogP contribution is -2.26. The number of aryl methyl sites for hydroxylation is 1. The summed E-state index contributed by atoms with van der Waals surface area (Å²) < 4.78 is 6.80. The molecule has 1 rings (SSSR count). The summed E-state index contributed by atoms with van der Waals surface area (Å²) >= 11 is 0. The van der Waals surface area contributed by atoms with E-state index in [1.54, 1.807) is 6.33 Å². The SMILES string of the molecule is CCC(CC)C(Cc1cn(C)cn1)C(=O)OC. The fourth-order valence-electron chi connectivity index (χ4n) is 2.25. The van der Waals surface area contributed by atoms with Crippen LogP contribution in [0.15, 0.2) is 12.5 Å². The molecule has 0 radical (unpaired) electrons. The molecule has 0 saturated heterocycles. The van der Waals surface area contributed by atoms with Crippen molar-refractivity contribution in [1.29, 1.82) is 0 Å². The molecular weight excluding hydrogens is 216 g/mol. The maximum Gasteiger partial charge on any atom is 0.309 e. The normalized spacial score (nSPS) is 12.8. The minimum atomic E-state index is -0.121. The van der Waals surface area contributed by atoms with Crippen molar-refractivity contribution in [3.05, 3.63) is 18.2 Å². The van der Waals surface area contributed by atoms with Crippen molar-refractivity contribution in [1.82, 2.24) is 9.55 Å². The molecule has 96 valence electrons. The Bertz CT molecular complexity index is 356. The van der Waals surface area contributed by atoms with Crippen molar-refractivity contribution in [2.24, 2.45) is 18.9 Å². The van der Waals surface area contributed by atoms with Crippen molar-refractivity contribution >= 4 is 5.97 Å². The van der Waals surface area contributed by atoms with Gasteiger partial charge in [0.1, 0.15) is 0 Å². The number of esters is 1. The zero-order chi connectivity index (χ0) is 12.8. The fraction of sp³-hybridized carbons (Fsp3) is 0.692. The monoisotopic (exact) mass is 238 g/mol. The van der Waals surface area contributed by atoms with Gasteiger partial charge in [-0.3, -0.25) is 4.79 Å². The van der Waals surface area contributed by atoms with Gasteiger partial charge in [0, 0.05) is 19.7 Å². The summed E-state index contributed by atoms with van der Waals surface area (Å²) in [5, 5.41) is 0. The quantitative estimate of drug-likeness (QED) is 0.714. The Hall–Kier alpha value is -1.32. The Balaban J connectivity index is 2.79. The minimum Gasteiger partial charge on any atom is -0.469 e. The van der Waals surface area contributed by atoms with E-state index in [0.29, 0.717) is 12.3 Å². The van der Waals surface area contributed by atoms with E-state index in [1.807, 2.05) is 17.8 Å². The predicted octanol–water partition coefficient (Wildman–Crippen LogP) is 2.19. The van der Waals surface area contributed by atoms with Crippen LogP contribution in [-0.4, -0.2) is 22.6 Å². The van der Waals surface area contributed by atoms with Gasteiger partial charge in [0.15, 0.2) is 0 Å². The summed E-state index contributed by atoms with van der Waals surface area (Å²) in [7, 11) is 3.39. The van der Waals surface area contributed by atoms with E-state index in [9.17, 15) is 4.79 Å². The van der Waals surface area contributed by atoms with Crippen LogP contribution < -0.4 is 0 Å². The standard InChI is InChI=1S/C13H22N2O2/c1-5-10(6-2)12(13(16)17-4)7-11-8-15(3)9-14-11/h8-10,12H,5-7H2,1-4H3. The third kappa shape index (κ3) is 3.58. The number of imidazole rings is 1. The molecule has 4 heteroatoms. The van der Waals surface area contributed by atoms with Crippen LogP contribution in [0.25, 0.3) is 0 Å². The van der Waals surface area contributed by atoms with Gasteiger partial charge in [-0.2, -0.15) is 0 Å². The smallest absolute Gasteiger partial charge is 0.309 e. The number of hydrogen-bond acceptors (Lipinski definition) is 3. The molecule has 0 fully saturated rings. The van der Waals surface area contributed by atoms with E-state index in [4.69, 9.17) is 4.74 Å². The number of rotatable bonds is 6. The third-order valence-corrected chi connectivity index (χ3v) is 3.31. The second-order valence-electron chi connectivity index (χ2n) is 4.44. The van der Waals surface area contributed by atoms with E-state index in [1.165, 1.54) is 7.11 Å². The molecule has 1 aromatic heterocycles. The van der Waals surface area contributed by atoms with Crippen LogP contribution >= 0.6 is 0 Å². The maximum atomic E-state index is 11.8. The summed E-state index contributed by atoms with van der Waals surface area (Å²) in [6, 6.07) is 0. The molecule has 0 saturated carbocycles. The van der Waals surface area contributed by atoms with Crippen LogP contribution in [0.1, 0.15) is 32.4 Å². The van der Waals surface area contributed by atoms with Gasteiger partial charge in [-0.1, -0.05) is 26.7 Å². The van der Waals surface area contributed by atoms with Crippen molar-refractivity contribution in [2.75, 3.05) is 7.11 Å². The number of carbonyl (C=O) groups excluding carboxylic acids is 1. The van der Waals surface area contributed by atoms with Gasteiger partial charge in [-0.15, -0.1) is 0 Å². The zero-order valence-corrected chi connectivity index (χ0v) is 11.1. The van der Waals surface area contributed by atoms with E-state index in [-0.39, 0.29) is 11.9 Å². The predicted molar refractivity (Wildman–Crippen MR) is 66.5 cm³/mol. The van der Waals surface area contributed by atoms with E-state index in [0.717, 1.165) is 18.5 Å². The molecule has 0 aliphatic carbocycles. The molecule has 0 bridgehead atoms. The fourth-order valence-corrected chi connectivity index (χ4v) is 2.25. The second kappa shape index (κ2) is 6.42. The molecule has 0 spiro atoms. The van der Waals surface area contributed by atoms with Gasteiger partial charge in [0.05, 0.1) is 25.0 Å². The number of ether oxygens (including phenoxy) is 1. The third-order valence-electron chi connectivity index (χ3n) is 3.31. The molecule has 1 aromatic rings. The summed E-state index contributed by atoms with van der Waals surface area (Å²) in [5.74, 6) is 0.165. The van der Waals surface area contributed by atoms with Crippen molar-refractivity contribution in [2.45, 2.75) is 33.1 Å². The Morgan fingerprint density at radius 3 is 2.53 bits per heavy atom. The Morgan fingerprint density at radius 1 is 1.47 bits per heavy atom. The van der Waals surface area contributed by atoms with Gasteiger partial charge < -0.3 is 9.30 Å². The lowest BCUT2D eigenvalue weighted by atomic mass is 9.85. The molecule has 1 unspecified atom stereocenters. The van der Waals surface area contributed by atoms with Gasteiger partial charge in [0.2, 0.25) is 0 Å². The first kappa shape index (κ1) is 13.7. The van der Waals surface area contributed by atoms with E-state index in [2.05, 4.69) is 18.8 Å². The number of aromatic nitrogens is 2. The molecule has 1 atom stereocenters. The summed E-state index contributed by atoms with van der Waals surface area (Å²) in [6.07, 6.45) is 6.36. The Kier molecular flexibility index (Phi) is 5.19. The first-order chi connectivity index (χ1) is 8.12. The maximum absolute atomic E-state index is 11.8. The number of hydrogen-bond donors (Lipinski definition) is 0. The largest absolute Gasteiger partial charge is 0.469 e. The highest BCUT2D eigenvalue weighted by atomic mass is 16.5. The molecule has 0 aromatic carbocycles. The second-order valence-corrected chi connectivity index (χ2v) is 4.44. The lowest BCUT2D eigenvalue weighted by molar-refractivity contribution is -0.147. The van der Waals surface area contributed by atoms with Crippen LogP contribution in [0.3, 0.4) is 0 Å². The lowest BCUT2D eigenvalue weighted by Gasteiger charge is -2.22. The van der Waals surface area contributed by atoms with Gasteiger partial charge in [0.25, 0.3) is 0 Å². The van der Waals surface area contributed by atoms with Crippen molar-refractivity contribution in [3.8, 4) is 0 Å². The highest BCUT2D eigenvalue weighted by Crippen LogP contribution is 2.24. The van der Waals surface area contributed by atoms with E-state index < -0.39 is 0 Å². The molecule has 17 heavy (non-hydrogen) atoms.